The first-order chi connectivity index (χ1) is 10.7. The van der Waals surface area contributed by atoms with Gasteiger partial charge in [0, 0.05) is 6.54 Å². The Hall–Kier alpha value is -1.35. The van der Waals surface area contributed by atoms with E-state index in [0.717, 1.165) is 5.56 Å². The second-order valence-corrected chi connectivity index (χ2v) is 7.90. The van der Waals surface area contributed by atoms with Crippen LogP contribution in [0, 0.1) is 5.92 Å². The van der Waals surface area contributed by atoms with Crippen molar-refractivity contribution in [2.75, 3.05) is 19.8 Å². The van der Waals surface area contributed by atoms with E-state index >= 15 is 0 Å². The summed E-state index contributed by atoms with van der Waals surface area (Å²) in [6.07, 6.45) is 0. The summed E-state index contributed by atoms with van der Waals surface area (Å²) in [4.78, 5) is 15.3. The average molecular weight is 317 g/mol. The van der Waals surface area contributed by atoms with Crippen LogP contribution in [0.2, 0.25) is 0 Å². The van der Waals surface area contributed by atoms with E-state index in [-0.39, 0.29) is 23.3 Å². The molecule has 1 amide bonds. The minimum atomic E-state index is -0.236. The molecule has 0 bridgehead atoms. The van der Waals surface area contributed by atoms with E-state index in [1.54, 1.807) is 0 Å². The molecule has 1 saturated heterocycles. The van der Waals surface area contributed by atoms with Gasteiger partial charge in [0.1, 0.15) is 0 Å². The van der Waals surface area contributed by atoms with Crippen molar-refractivity contribution in [2.45, 2.75) is 58.9 Å². The van der Waals surface area contributed by atoms with Gasteiger partial charge in [-0.1, -0.05) is 52.0 Å². The smallest absolute Gasteiger partial charge is 0.230 e. The van der Waals surface area contributed by atoms with E-state index in [1.807, 2.05) is 4.90 Å². The number of ether oxygens (including phenoxy) is 1. The molecule has 0 aliphatic carbocycles. The van der Waals surface area contributed by atoms with E-state index in [1.165, 1.54) is 5.56 Å². The SMILES string of the molecule is CC(C)c1ccc(C(C(=O)N2CCOCC2(C)C)C(C)C)cc1. The van der Waals surface area contributed by atoms with Crippen LogP contribution in [0.5, 0.6) is 0 Å². The topological polar surface area (TPSA) is 29.5 Å². The quantitative estimate of drug-likeness (QED) is 0.833. The van der Waals surface area contributed by atoms with Crippen LogP contribution >= 0.6 is 0 Å². The minimum absolute atomic E-state index is 0.0893. The highest BCUT2D eigenvalue weighted by atomic mass is 16.5. The molecule has 1 unspecified atom stereocenters. The van der Waals surface area contributed by atoms with Crippen molar-refractivity contribution in [3.8, 4) is 0 Å². The molecule has 1 aromatic carbocycles. The Morgan fingerprint density at radius 2 is 1.65 bits per heavy atom. The Balaban J connectivity index is 2.28. The summed E-state index contributed by atoms with van der Waals surface area (Å²) in [6, 6.07) is 8.58. The summed E-state index contributed by atoms with van der Waals surface area (Å²) in [5, 5.41) is 0. The van der Waals surface area contributed by atoms with Crippen LogP contribution in [-0.2, 0) is 9.53 Å². The molecular weight excluding hydrogens is 286 g/mol. The molecule has 23 heavy (non-hydrogen) atoms. The third-order valence-corrected chi connectivity index (χ3v) is 4.81. The molecular formula is C20H31NO2. The van der Waals surface area contributed by atoms with Gasteiger partial charge < -0.3 is 9.64 Å². The predicted molar refractivity (Wildman–Crippen MR) is 94.7 cm³/mol. The van der Waals surface area contributed by atoms with Gasteiger partial charge in [0.15, 0.2) is 0 Å². The second kappa shape index (κ2) is 7.04. The van der Waals surface area contributed by atoms with Gasteiger partial charge in [-0.05, 0) is 36.8 Å². The Kier molecular flexibility index (Phi) is 5.51. The molecule has 0 radical (unpaired) electrons. The molecule has 1 aliphatic heterocycles. The summed E-state index contributed by atoms with van der Waals surface area (Å²) in [5.41, 5.74) is 2.20. The Morgan fingerprint density at radius 1 is 1.09 bits per heavy atom. The van der Waals surface area contributed by atoms with Crippen LogP contribution in [0.4, 0.5) is 0 Å². The number of carbonyl (C=O) groups excluding carboxylic acids is 1. The molecule has 3 heteroatoms. The molecule has 1 aromatic rings. The first-order valence-corrected chi connectivity index (χ1v) is 8.73. The van der Waals surface area contributed by atoms with Crippen LogP contribution in [0.25, 0.3) is 0 Å². The molecule has 1 atom stereocenters. The van der Waals surface area contributed by atoms with Crippen LogP contribution in [-0.4, -0.2) is 36.1 Å². The normalized spacial score (nSPS) is 19.2. The lowest BCUT2D eigenvalue weighted by Gasteiger charge is -2.44. The maximum atomic E-state index is 13.2. The highest BCUT2D eigenvalue weighted by Gasteiger charge is 2.38. The molecule has 1 heterocycles. The van der Waals surface area contributed by atoms with Crippen molar-refractivity contribution in [3.05, 3.63) is 35.4 Å². The lowest BCUT2D eigenvalue weighted by Crippen LogP contribution is -2.57. The fourth-order valence-electron chi connectivity index (χ4n) is 3.34. The lowest BCUT2D eigenvalue weighted by atomic mass is 9.84. The van der Waals surface area contributed by atoms with Gasteiger partial charge in [-0.2, -0.15) is 0 Å². The number of hydrogen-bond donors (Lipinski definition) is 0. The van der Waals surface area contributed by atoms with E-state index in [4.69, 9.17) is 4.74 Å². The first kappa shape index (κ1) is 18.0. The second-order valence-electron chi connectivity index (χ2n) is 7.90. The van der Waals surface area contributed by atoms with E-state index < -0.39 is 0 Å². The molecule has 0 saturated carbocycles. The predicted octanol–water partition coefficient (Wildman–Crippen LogP) is 4.19. The maximum Gasteiger partial charge on any atom is 0.230 e. The van der Waals surface area contributed by atoms with Gasteiger partial charge in [-0.15, -0.1) is 0 Å². The zero-order valence-corrected chi connectivity index (χ0v) is 15.4. The number of morpholine rings is 1. The average Bonchev–Trinajstić information content (AvgIpc) is 2.47. The van der Waals surface area contributed by atoms with Crippen molar-refractivity contribution >= 4 is 5.91 Å². The number of hydrogen-bond acceptors (Lipinski definition) is 2. The highest BCUT2D eigenvalue weighted by molar-refractivity contribution is 5.84. The van der Waals surface area contributed by atoms with Gasteiger partial charge >= 0.3 is 0 Å². The summed E-state index contributed by atoms with van der Waals surface area (Å²) >= 11 is 0. The van der Waals surface area contributed by atoms with Gasteiger partial charge in [0.05, 0.1) is 24.7 Å². The minimum Gasteiger partial charge on any atom is -0.377 e. The first-order valence-electron chi connectivity index (χ1n) is 8.73. The zero-order valence-electron chi connectivity index (χ0n) is 15.4. The van der Waals surface area contributed by atoms with Gasteiger partial charge in [-0.3, -0.25) is 4.79 Å². The standard InChI is InChI=1S/C20H31NO2/c1-14(2)16-7-9-17(10-8-16)18(15(3)4)19(22)21-11-12-23-13-20(21,5)6/h7-10,14-15,18H,11-13H2,1-6H3. The van der Waals surface area contributed by atoms with Gasteiger partial charge in [0.25, 0.3) is 0 Å². The lowest BCUT2D eigenvalue weighted by molar-refractivity contribution is -0.149. The number of nitrogens with zero attached hydrogens (tertiary/aromatic N) is 1. The highest BCUT2D eigenvalue weighted by Crippen LogP contribution is 2.31. The van der Waals surface area contributed by atoms with Crippen LogP contribution < -0.4 is 0 Å². The monoisotopic (exact) mass is 317 g/mol. The molecule has 2 rings (SSSR count). The third-order valence-electron chi connectivity index (χ3n) is 4.81. The summed E-state index contributed by atoms with van der Waals surface area (Å²) in [5.74, 6) is 0.917. The van der Waals surface area contributed by atoms with Crippen molar-refractivity contribution < 1.29 is 9.53 Å². The van der Waals surface area contributed by atoms with Crippen molar-refractivity contribution in [1.82, 2.24) is 4.90 Å². The van der Waals surface area contributed by atoms with Crippen LogP contribution in [0.1, 0.15) is 64.5 Å². The molecule has 1 fully saturated rings. The number of rotatable bonds is 4. The zero-order chi connectivity index (χ0) is 17.2. The molecule has 0 aromatic heterocycles. The molecule has 3 nitrogen and oxygen atoms in total. The Bertz CT molecular complexity index is 531. The number of carbonyl (C=O) groups is 1. The number of amides is 1. The van der Waals surface area contributed by atoms with Gasteiger partial charge in [0.2, 0.25) is 5.91 Å². The van der Waals surface area contributed by atoms with E-state index in [9.17, 15) is 4.79 Å². The molecule has 1 aliphatic rings. The molecule has 128 valence electrons. The summed E-state index contributed by atoms with van der Waals surface area (Å²) in [6.45, 7) is 14.7. The summed E-state index contributed by atoms with van der Waals surface area (Å²) < 4.78 is 5.56. The largest absolute Gasteiger partial charge is 0.377 e. The Morgan fingerprint density at radius 3 is 2.13 bits per heavy atom. The van der Waals surface area contributed by atoms with Crippen molar-refractivity contribution in [2.24, 2.45) is 5.92 Å². The van der Waals surface area contributed by atoms with E-state index in [2.05, 4.69) is 65.8 Å². The third kappa shape index (κ3) is 3.95. The fourth-order valence-corrected chi connectivity index (χ4v) is 3.34. The summed E-state index contributed by atoms with van der Waals surface area (Å²) in [7, 11) is 0. The number of benzene rings is 1. The molecule has 0 spiro atoms. The van der Waals surface area contributed by atoms with Crippen molar-refractivity contribution in [1.29, 1.82) is 0 Å². The Labute approximate surface area is 141 Å². The van der Waals surface area contributed by atoms with Crippen LogP contribution in [0.15, 0.2) is 24.3 Å². The maximum absolute atomic E-state index is 13.2. The van der Waals surface area contributed by atoms with Crippen LogP contribution in [0.3, 0.4) is 0 Å². The van der Waals surface area contributed by atoms with E-state index in [0.29, 0.717) is 25.7 Å². The fraction of sp³-hybridized carbons (Fsp3) is 0.650. The van der Waals surface area contributed by atoms with Gasteiger partial charge in [-0.25, -0.2) is 0 Å². The van der Waals surface area contributed by atoms with Crippen molar-refractivity contribution in [3.63, 3.8) is 0 Å². The molecule has 0 N–H and O–H groups in total.